The first kappa shape index (κ1) is 17.0. The van der Waals surface area contributed by atoms with Crippen LogP contribution in [0.15, 0.2) is 34.9 Å². The van der Waals surface area contributed by atoms with Crippen molar-refractivity contribution in [1.82, 2.24) is 10.1 Å². The van der Waals surface area contributed by atoms with Crippen LogP contribution in [0.1, 0.15) is 47.6 Å². The summed E-state index contributed by atoms with van der Waals surface area (Å²) in [5.41, 5.74) is 1.95. The van der Waals surface area contributed by atoms with Gasteiger partial charge in [0, 0.05) is 18.3 Å². The number of hydrogen-bond donors (Lipinski definition) is 1. The minimum Gasteiger partial charge on any atom is -0.465 e. The van der Waals surface area contributed by atoms with Crippen molar-refractivity contribution < 1.29 is 18.8 Å². The number of esters is 1. The molecule has 2 aromatic rings. The van der Waals surface area contributed by atoms with E-state index in [2.05, 4.69) is 15.2 Å². The third kappa shape index (κ3) is 3.65. The van der Waals surface area contributed by atoms with Gasteiger partial charge in [-0.05, 0) is 43.5 Å². The molecule has 7 nitrogen and oxygen atoms in total. The summed E-state index contributed by atoms with van der Waals surface area (Å²) >= 11 is 0. The molecule has 132 valence electrons. The predicted molar refractivity (Wildman–Crippen MR) is 91.4 cm³/mol. The van der Waals surface area contributed by atoms with Crippen LogP contribution in [-0.4, -0.2) is 35.7 Å². The number of nitrogens with zero attached hydrogens (tertiary/aromatic N) is 2. The van der Waals surface area contributed by atoms with E-state index < -0.39 is 5.97 Å². The van der Waals surface area contributed by atoms with Gasteiger partial charge in [-0.1, -0.05) is 12.1 Å². The lowest BCUT2D eigenvalue weighted by molar-refractivity contribution is 0.0600. The first-order valence-corrected chi connectivity index (χ1v) is 8.34. The zero-order chi connectivity index (χ0) is 17.8. The van der Waals surface area contributed by atoms with Crippen molar-refractivity contribution in [3.63, 3.8) is 0 Å². The lowest BCUT2D eigenvalue weighted by Gasteiger charge is -2.23. The Kier molecular flexibility index (Phi) is 5.02. The fourth-order valence-corrected chi connectivity index (χ4v) is 2.96. The molecule has 0 aliphatic carbocycles. The van der Waals surface area contributed by atoms with Crippen LogP contribution < -0.4 is 5.32 Å². The Bertz CT molecular complexity index is 754. The molecule has 2 heterocycles. The highest BCUT2D eigenvalue weighted by Gasteiger charge is 2.32. The number of urea groups is 1. The first-order chi connectivity index (χ1) is 12.1. The van der Waals surface area contributed by atoms with E-state index in [0.717, 1.165) is 30.7 Å². The first-order valence-electron chi connectivity index (χ1n) is 8.34. The third-order valence-electron chi connectivity index (χ3n) is 4.34. The maximum Gasteiger partial charge on any atom is 0.337 e. The van der Waals surface area contributed by atoms with E-state index in [9.17, 15) is 9.59 Å². The van der Waals surface area contributed by atoms with Gasteiger partial charge in [-0.2, -0.15) is 0 Å². The van der Waals surface area contributed by atoms with Gasteiger partial charge in [0.05, 0.1) is 24.4 Å². The maximum atomic E-state index is 12.6. The average Bonchev–Trinajstić information content (AvgIpc) is 3.30. The molecular weight excluding hydrogens is 322 g/mol. The topological polar surface area (TPSA) is 84.7 Å². The van der Waals surface area contributed by atoms with Crippen LogP contribution in [0, 0.1) is 0 Å². The molecule has 25 heavy (non-hydrogen) atoms. The standard InChI is InChI=1S/C18H21N3O4/c1-3-13-11-16(25-20-13)15-5-4-10-21(15)18(23)19-14-8-6-12(7-9-14)17(22)24-2/h6-9,11,15H,3-5,10H2,1-2H3,(H,19,23). The van der Waals surface area contributed by atoms with Crippen LogP contribution in [0.5, 0.6) is 0 Å². The van der Waals surface area contributed by atoms with E-state index in [4.69, 9.17) is 4.52 Å². The number of anilines is 1. The third-order valence-corrected chi connectivity index (χ3v) is 4.34. The molecule has 2 amide bonds. The minimum absolute atomic E-state index is 0.0952. The summed E-state index contributed by atoms with van der Waals surface area (Å²) in [6, 6.07) is 8.23. The fourth-order valence-electron chi connectivity index (χ4n) is 2.96. The summed E-state index contributed by atoms with van der Waals surface area (Å²) < 4.78 is 10.1. The van der Waals surface area contributed by atoms with Gasteiger partial charge in [0.25, 0.3) is 0 Å². The number of ether oxygens (including phenoxy) is 1. The molecule has 1 aliphatic heterocycles. The smallest absolute Gasteiger partial charge is 0.337 e. The largest absolute Gasteiger partial charge is 0.465 e. The molecule has 0 spiro atoms. The highest BCUT2D eigenvalue weighted by atomic mass is 16.5. The second-order valence-electron chi connectivity index (χ2n) is 5.92. The number of aromatic nitrogens is 1. The summed E-state index contributed by atoms with van der Waals surface area (Å²) in [4.78, 5) is 25.8. The number of aryl methyl sites for hydroxylation is 1. The van der Waals surface area contributed by atoms with E-state index in [1.165, 1.54) is 7.11 Å². The number of methoxy groups -OCH3 is 1. The molecule has 0 saturated carbocycles. The van der Waals surface area contributed by atoms with Crippen molar-refractivity contribution in [2.75, 3.05) is 19.0 Å². The number of amides is 2. The van der Waals surface area contributed by atoms with Crippen molar-refractivity contribution in [2.24, 2.45) is 0 Å². The summed E-state index contributed by atoms with van der Waals surface area (Å²) in [5.74, 6) is 0.320. The van der Waals surface area contributed by atoms with Gasteiger partial charge in [0.2, 0.25) is 0 Å². The minimum atomic E-state index is -0.408. The van der Waals surface area contributed by atoms with Crippen LogP contribution in [0.25, 0.3) is 0 Å². The summed E-state index contributed by atoms with van der Waals surface area (Å²) in [7, 11) is 1.33. The Hall–Kier alpha value is -2.83. The number of carbonyl (C=O) groups is 2. The van der Waals surface area contributed by atoms with Gasteiger partial charge in [-0.3, -0.25) is 0 Å². The number of hydrogen-bond acceptors (Lipinski definition) is 5. The van der Waals surface area contributed by atoms with E-state index in [1.807, 2.05) is 13.0 Å². The Morgan fingerprint density at radius 2 is 2.12 bits per heavy atom. The molecule has 3 rings (SSSR count). The summed E-state index contributed by atoms with van der Waals surface area (Å²) in [5, 5.41) is 6.88. The molecule has 1 N–H and O–H groups in total. The SMILES string of the molecule is CCc1cc(C2CCCN2C(=O)Nc2ccc(C(=O)OC)cc2)on1. The normalized spacial score (nSPS) is 16.7. The molecule has 0 radical (unpaired) electrons. The van der Waals surface area contributed by atoms with E-state index >= 15 is 0 Å². The van der Waals surface area contributed by atoms with Crippen molar-refractivity contribution in [3.05, 3.63) is 47.3 Å². The van der Waals surface area contributed by atoms with E-state index in [-0.39, 0.29) is 12.1 Å². The van der Waals surface area contributed by atoms with Crippen LogP contribution in [0.3, 0.4) is 0 Å². The number of carbonyl (C=O) groups excluding carboxylic acids is 2. The number of nitrogens with one attached hydrogen (secondary N) is 1. The summed E-state index contributed by atoms with van der Waals surface area (Å²) in [6.07, 6.45) is 2.57. The number of benzene rings is 1. The summed E-state index contributed by atoms with van der Waals surface area (Å²) in [6.45, 7) is 2.68. The van der Waals surface area contributed by atoms with Crippen molar-refractivity contribution in [2.45, 2.75) is 32.2 Å². The zero-order valence-electron chi connectivity index (χ0n) is 14.3. The van der Waals surface area contributed by atoms with Gasteiger partial charge in [0.1, 0.15) is 0 Å². The molecule has 1 saturated heterocycles. The zero-order valence-corrected chi connectivity index (χ0v) is 14.3. The molecule has 1 atom stereocenters. The highest BCUT2D eigenvalue weighted by molar-refractivity contribution is 5.92. The average molecular weight is 343 g/mol. The predicted octanol–water partition coefficient (Wildman–Crippen LogP) is 3.39. The fraction of sp³-hybridized carbons (Fsp3) is 0.389. The van der Waals surface area contributed by atoms with Gasteiger partial charge >= 0.3 is 12.0 Å². The lowest BCUT2D eigenvalue weighted by Crippen LogP contribution is -2.34. The van der Waals surface area contributed by atoms with Gasteiger partial charge < -0.3 is 19.5 Å². The van der Waals surface area contributed by atoms with Crippen LogP contribution in [0.4, 0.5) is 10.5 Å². The van der Waals surface area contributed by atoms with Crippen LogP contribution in [0.2, 0.25) is 0 Å². The van der Waals surface area contributed by atoms with Crippen molar-refractivity contribution >= 4 is 17.7 Å². The number of likely N-dealkylation sites (tertiary alicyclic amines) is 1. The molecular formula is C18H21N3O4. The molecule has 1 unspecified atom stereocenters. The molecule has 1 aliphatic rings. The molecule has 1 aromatic carbocycles. The van der Waals surface area contributed by atoms with E-state index in [1.54, 1.807) is 29.2 Å². The molecule has 1 aromatic heterocycles. The van der Waals surface area contributed by atoms with Crippen molar-refractivity contribution in [3.8, 4) is 0 Å². The second kappa shape index (κ2) is 7.38. The van der Waals surface area contributed by atoms with Gasteiger partial charge in [-0.25, -0.2) is 9.59 Å². The Morgan fingerprint density at radius 1 is 1.36 bits per heavy atom. The quantitative estimate of drug-likeness (QED) is 0.860. The molecule has 7 heteroatoms. The monoisotopic (exact) mass is 343 g/mol. The van der Waals surface area contributed by atoms with Gasteiger partial charge in [0.15, 0.2) is 5.76 Å². The maximum absolute atomic E-state index is 12.6. The Labute approximate surface area is 145 Å². The Morgan fingerprint density at radius 3 is 2.76 bits per heavy atom. The number of rotatable bonds is 4. The van der Waals surface area contributed by atoms with Gasteiger partial charge in [-0.15, -0.1) is 0 Å². The highest BCUT2D eigenvalue weighted by Crippen LogP contribution is 2.32. The van der Waals surface area contributed by atoms with E-state index in [0.29, 0.717) is 17.8 Å². The van der Waals surface area contributed by atoms with Crippen LogP contribution >= 0.6 is 0 Å². The lowest BCUT2D eigenvalue weighted by atomic mass is 10.1. The Balaban J connectivity index is 1.68. The van der Waals surface area contributed by atoms with Crippen LogP contribution in [-0.2, 0) is 11.2 Å². The van der Waals surface area contributed by atoms with Crippen molar-refractivity contribution in [1.29, 1.82) is 0 Å². The molecule has 1 fully saturated rings. The second-order valence-corrected chi connectivity index (χ2v) is 5.92. The molecule has 0 bridgehead atoms.